The lowest BCUT2D eigenvalue weighted by Crippen LogP contribution is -2.38. The van der Waals surface area contributed by atoms with Gasteiger partial charge in [-0.1, -0.05) is 50.2 Å². The molecular weight excluding hydrogens is 328 g/mol. The van der Waals surface area contributed by atoms with E-state index in [1.807, 2.05) is 18.2 Å². The van der Waals surface area contributed by atoms with Crippen LogP contribution in [-0.4, -0.2) is 44.7 Å². The molecule has 0 fully saturated rings. The minimum atomic E-state index is -0.201. The van der Waals surface area contributed by atoms with E-state index in [9.17, 15) is 4.79 Å². The van der Waals surface area contributed by atoms with E-state index >= 15 is 0 Å². The molecule has 2 aromatic rings. The molecule has 0 heterocycles. The van der Waals surface area contributed by atoms with Crippen LogP contribution in [0.4, 0.5) is 0 Å². The smallest absolute Gasteiger partial charge is 0.258 e. The van der Waals surface area contributed by atoms with E-state index in [4.69, 9.17) is 9.47 Å². The molecule has 0 radical (unpaired) electrons. The first-order valence-electron chi connectivity index (χ1n) is 8.94. The molecule has 5 heteroatoms. The fourth-order valence-electron chi connectivity index (χ4n) is 3.15. The summed E-state index contributed by atoms with van der Waals surface area (Å²) >= 11 is 0. The Morgan fingerprint density at radius 3 is 2.04 bits per heavy atom. The van der Waals surface area contributed by atoms with Crippen LogP contribution in [-0.2, 0) is 0 Å². The number of hydrogen-bond donors (Lipinski definition) is 1. The number of nitrogens with one attached hydrogen (secondary N) is 1. The van der Waals surface area contributed by atoms with Gasteiger partial charge in [-0.2, -0.15) is 0 Å². The zero-order valence-corrected chi connectivity index (χ0v) is 16.0. The second-order valence-corrected chi connectivity index (χ2v) is 5.90. The molecule has 1 unspecified atom stereocenters. The number of likely N-dealkylation sites (N-methyl/N-ethyl adjacent to an activating group) is 1. The van der Waals surface area contributed by atoms with Crippen LogP contribution < -0.4 is 14.8 Å². The lowest BCUT2D eigenvalue weighted by molar-refractivity contribution is 0.0928. The van der Waals surface area contributed by atoms with E-state index in [-0.39, 0.29) is 11.9 Å². The highest BCUT2D eigenvalue weighted by molar-refractivity contribution is 5.99. The van der Waals surface area contributed by atoms with Gasteiger partial charge in [-0.3, -0.25) is 9.69 Å². The van der Waals surface area contributed by atoms with E-state index in [2.05, 4.69) is 36.2 Å². The number of nitrogens with zero attached hydrogens (tertiary/aromatic N) is 1. The Morgan fingerprint density at radius 1 is 0.962 bits per heavy atom. The third-order valence-corrected chi connectivity index (χ3v) is 4.55. The van der Waals surface area contributed by atoms with Gasteiger partial charge in [0.25, 0.3) is 5.91 Å². The molecule has 0 saturated heterocycles. The maximum atomic E-state index is 12.8. The van der Waals surface area contributed by atoms with Crippen LogP contribution in [0, 0.1) is 0 Å². The zero-order valence-electron chi connectivity index (χ0n) is 16.0. The number of carbonyl (C=O) groups is 1. The third-order valence-electron chi connectivity index (χ3n) is 4.55. The average Bonchev–Trinajstić information content (AvgIpc) is 2.70. The standard InChI is InChI=1S/C21H28N2O3/c1-5-23(6-2)17(16-11-8-7-9-12-16)15-22-21(24)20-18(25-3)13-10-14-19(20)26-4/h7-14,17H,5-6,15H2,1-4H3,(H,22,24). The number of amides is 1. The summed E-state index contributed by atoms with van der Waals surface area (Å²) < 4.78 is 10.7. The van der Waals surface area contributed by atoms with Gasteiger partial charge < -0.3 is 14.8 Å². The molecule has 0 bridgehead atoms. The topological polar surface area (TPSA) is 50.8 Å². The largest absolute Gasteiger partial charge is 0.496 e. The van der Waals surface area contributed by atoms with E-state index in [1.54, 1.807) is 32.4 Å². The van der Waals surface area contributed by atoms with Crippen molar-refractivity contribution in [2.45, 2.75) is 19.9 Å². The van der Waals surface area contributed by atoms with Gasteiger partial charge in [-0.15, -0.1) is 0 Å². The van der Waals surface area contributed by atoms with Gasteiger partial charge >= 0.3 is 0 Å². The molecule has 1 N–H and O–H groups in total. The van der Waals surface area contributed by atoms with Crippen LogP contribution in [0.1, 0.15) is 35.8 Å². The van der Waals surface area contributed by atoms with Crippen molar-refractivity contribution in [3.63, 3.8) is 0 Å². The molecule has 0 spiro atoms. The lowest BCUT2D eigenvalue weighted by atomic mass is 10.0. The highest BCUT2D eigenvalue weighted by Gasteiger charge is 2.22. The number of hydrogen-bond acceptors (Lipinski definition) is 4. The number of ether oxygens (including phenoxy) is 2. The van der Waals surface area contributed by atoms with Crippen LogP contribution >= 0.6 is 0 Å². The molecule has 1 atom stereocenters. The van der Waals surface area contributed by atoms with E-state index in [0.29, 0.717) is 23.6 Å². The lowest BCUT2D eigenvalue weighted by Gasteiger charge is -2.30. The Bertz CT molecular complexity index is 677. The van der Waals surface area contributed by atoms with Gasteiger partial charge in [0.1, 0.15) is 17.1 Å². The van der Waals surface area contributed by atoms with Gasteiger partial charge in [0.2, 0.25) is 0 Å². The Balaban J connectivity index is 2.22. The molecule has 0 aliphatic heterocycles. The van der Waals surface area contributed by atoms with Crippen LogP contribution in [0.25, 0.3) is 0 Å². The van der Waals surface area contributed by atoms with Crippen molar-refractivity contribution in [3.05, 3.63) is 59.7 Å². The monoisotopic (exact) mass is 356 g/mol. The van der Waals surface area contributed by atoms with Crippen molar-refractivity contribution in [2.24, 2.45) is 0 Å². The molecule has 26 heavy (non-hydrogen) atoms. The van der Waals surface area contributed by atoms with Crippen LogP contribution in [0.5, 0.6) is 11.5 Å². The van der Waals surface area contributed by atoms with Crippen molar-refractivity contribution in [1.29, 1.82) is 0 Å². The van der Waals surface area contributed by atoms with Crippen molar-refractivity contribution < 1.29 is 14.3 Å². The first-order valence-corrected chi connectivity index (χ1v) is 8.94. The molecule has 2 aromatic carbocycles. The van der Waals surface area contributed by atoms with Crippen molar-refractivity contribution in [2.75, 3.05) is 33.9 Å². The summed E-state index contributed by atoms with van der Waals surface area (Å²) in [6, 6.07) is 15.7. The second kappa shape index (κ2) is 9.82. The molecular formula is C21H28N2O3. The van der Waals surface area contributed by atoms with E-state index < -0.39 is 0 Å². The molecule has 5 nitrogen and oxygen atoms in total. The van der Waals surface area contributed by atoms with E-state index in [1.165, 1.54) is 5.56 Å². The Kier molecular flexibility index (Phi) is 7.48. The van der Waals surface area contributed by atoms with Crippen molar-refractivity contribution in [1.82, 2.24) is 10.2 Å². The SMILES string of the molecule is CCN(CC)C(CNC(=O)c1c(OC)cccc1OC)c1ccccc1. The molecule has 2 rings (SSSR count). The average molecular weight is 356 g/mol. The number of benzene rings is 2. The summed E-state index contributed by atoms with van der Waals surface area (Å²) in [5, 5.41) is 3.06. The predicted molar refractivity (Wildman–Crippen MR) is 104 cm³/mol. The highest BCUT2D eigenvalue weighted by atomic mass is 16.5. The molecule has 140 valence electrons. The fraction of sp³-hybridized carbons (Fsp3) is 0.381. The minimum Gasteiger partial charge on any atom is -0.496 e. The number of methoxy groups -OCH3 is 2. The van der Waals surface area contributed by atoms with Gasteiger partial charge in [-0.25, -0.2) is 0 Å². The normalized spacial score (nSPS) is 11.9. The summed E-state index contributed by atoms with van der Waals surface area (Å²) in [6.45, 7) is 6.58. The highest BCUT2D eigenvalue weighted by Crippen LogP contribution is 2.28. The molecule has 0 saturated carbocycles. The fourth-order valence-corrected chi connectivity index (χ4v) is 3.15. The maximum absolute atomic E-state index is 12.8. The van der Waals surface area contributed by atoms with Crippen LogP contribution in [0.2, 0.25) is 0 Å². The molecule has 0 aromatic heterocycles. The third kappa shape index (κ3) is 4.55. The van der Waals surface area contributed by atoms with Gasteiger partial charge in [0, 0.05) is 6.54 Å². The number of rotatable bonds is 9. The summed E-state index contributed by atoms with van der Waals surface area (Å²) in [4.78, 5) is 15.2. The molecule has 1 amide bonds. The summed E-state index contributed by atoms with van der Waals surface area (Å²) in [7, 11) is 3.10. The minimum absolute atomic E-state index is 0.107. The number of carbonyl (C=O) groups excluding carboxylic acids is 1. The van der Waals surface area contributed by atoms with Crippen LogP contribution in [0.15, 0.2) is 48.5 Å². The molecule has 0 aliphatic rings. The Labute approximate surface area is 155 Å². The van der Waals surface area contributed by atoms with E-state index in [0.717, 1.165) is 13.1 Å². The summed E-state index contributed by atoms with van der Waals surface area (Å²) in [5.41, 5.74) is 1.60. The second-order valence-electron chi connectivity index (χ2n) is 5.90. The zero-order chi connectivity index (χ0) is 18.9. The van der Waals surface area contributed by atoms with Crippen molar-refractivity contribution in [3.8, 4) is 11.5 Å². The van der Waals surface area contributed by atoms with Gasteiger partial charge in [-0.05, 0) is 30.8 Å². The van der Waals surface area contributed by atoms with Crippen molar-refractivity contribution >= 4 is 5.91 Å². The first kappa shape index (κ1) is 19.8. The predicted octanol–water partition coefficient (Wildman–Crippen LogP) is 3.52. The van der Waals surface area contributed by atoms with Gasteiger partial charge in [0.05, 0.1) is 20.3 Å². The molecule has 0 aliphatic carbocycles. The maximum Gasteiger partial charge on any atom is 0.258 e. The Hall–Kier alpha value is -2.53. The van der Waals surface area contributed by atoms with Gasteiger partial charge in [0.15, 0.2) is 0 Å². The Morgan fingerprint density at radius 2 is 1.54 bits per heavy atom. The quantitative estimate of drug-likeness (QED) is 0.747. The van der Waals surface area contributed by atoms with Crippen LogP contribution in [0.3, 0.4) is 0 Å². The first-order chi connectivity index (χ1) is 12.7. The summed E-state index contributed by atoms with van der Waals surface area (Å²) in [6.07, 6.45) is 0. The summed E-state index contributed by atoms with van der Waals surface area (Å²) in [5.74, 6) is 0.800.